The maximum atomic E-state index is 5.73. The van der Waals surface area contributed by atoms with Gasteiger partial charge < -0.3 is 10.1 Å². The van der Waals surface area contributed by atoms with Gasteiger partial charge in [-0.3, -0.25) is 0 Å². The predicted molar refractivity (Wildman–Crippen MR) is 67.0 cm³/mol. The summed E-state index contributed by atoms with van der Waals surface area (Å²) in [5, 5.41) is 4.40. The highest BCUT2D eigenvalue weighted by Gasteiger charge is 2.16. The Labute approximate surface area is 101 Å². The summed E-state index contributed by atoms with van der Waals surface area (Å²) in [6.07, 6.45) is 8.25. The van der Waals surface area contributed by atoms with E-state index in [0.29, 0.717) is 6.10 Å². The summed E-state index contributed by atoms with van der Waals surface area (Å²) >= 11 is 1.84. The molecule has 0 aliphatic carbocycles. The number of hydrogen-bond acceptors (Lipinski definition) is 4. The molecule has 1 unspecified atom stereocenters. The van der Waals surface area contributed by atoms with Crippen LogP contribution in [0.15, 0.2) is 6.20 Å². The third-order valence-electron chi connectivity index (χ3n) is 2.90. The molecule has 1 aliphatic heterocycles. The minimum absolute atomic E-state index is 0.414. The summed E-state index contributed by atoms with van der Waals surface area (Å²) in [5.41, 5.74) is 0. The first-order chi connectivity index (χ1) is 7.88. The second kappa shape index (κ2) is 6.33. The fourth-order valence-electron chi connectivity index (χ4n) is 1.97. The Kier molecular flexibility index (Phi) is 4.75. The number of nitrogens with one attached hydrogen (secondary N) is 1. The van der Waals surface area contributed by atoms with Crippen LogP contribution in [0.1, 0.15) is 29.1 Å². The quantitative estimate of drug-likeness (QED) is 0.855. The number of hydrogen-bond donors (Lipinski definition) is 1. The highest BCUT2D eigenvalue weighted by atomic mass is 32.1. The SMILES string of the molecule is CNCCc1cnc(CC2CCCCO2)s1. The van der Waals surface area contributed by atoms with E-state index in [9.17, 15) is 0 Å². The molecule has 2 heterocycles. The van der Waals surface area contributed by atoms with E-state index in [1.807, 2.05) is 24.6 Å². The Morgan fingerprint density at radius 2 is 2.50 bits per heavy atom. The zero-order valence-corrected chi connectivity index (χ0v) is 10.7. The van der Waals surface area contributed by atoms with Gasteiger partial charge in [-0.15, -0.1) is 11.3 Å². The first-order valence-electron chi connectivity index (χ1n) is 6.08. The van der Waals surface area contributed by atoms with Gasteiger partial charge in [-0.05, 0) is 39.3 Å². The monoisotopic (exact) mass is 240 g/mol. The van der Waals surface area contributed by atoms with Crippen LogP contribution in [-0.2, 0) is 17.6 Å². The van der Waals surface area contributed by atoms with Crippen molar-refractivity contribution in [3.8, 4) is 0 Å². The van der Waals surface area contributed by atoms with Crippen LogP contribution in [-0.4, -0.2) is 31.3 Å². The Morgan fingerprint density at radius 3 is 3.25 bits per heavy atom. The Balaban J connectivity index is 1.81. The van der Waals surface area contributed by atoms with Crippen molar-refractivity contribution in [1.29, 1.82) is 0 Å². The molecule has 0 radical (unpaired) electrons. The van der Waals surface area contributed by atoms with Crippen LogP contribution in [0.3, 0.4) is 0 Å². The van der Waals surface area contributed by atoms with Crippen LogP contribution >= 0.6 is 11.3 Å². The molecule has 90 valence electrons. The highest BCUT2D eigenvalue weighted by molar-refractivity contribution is 7.11. The molecular formula is C12H20N2OS. The number of nitrogens with zero attached hydrogens (tertiary/aromatic N) is 1. The number of thiazole rings is 1. The van der Waals surface area contributed by atoms with Crippen molar-refractivity contribution in [2.75, 3.05) is 20.2 Å². The molecule has 0 aromatic carbocycles. The maximum absolute atomic E-state index is 5.73. The molecule has 3 nitrogen and oxygen atoms in total. The first-order valence-corrected chi connectivity index (χ1v) is 6.90. The molecule has 1 N–H and O–H groups in total. The second-order valence-corrected chi connectivity index (χ2v) is 5.47. The maximum Gasteiger partial charge on any atom is 0.0953 e. The van der Waals surface area contributed by atoms with Gasteiger partial charge in [-0.25, -0.2) is 4.98 Å². The molecule has 1 fully saturated rings. The van der Waals surface area contributed by atoms with Crippen LogP contribution in [0, 0.1) is 0 Å². The van der Waals surface area contributed by atoms with Crippen LogP contribution < -0.4 is 5.32 Å². The van der Waals surface area contributed by atoms with Crippen LogP contribution in [0.5, 0.6) is 0 Å². The normalized spacial score (nSPS) is 21.2. The van der Waals surface area contributed by atoms with Crippen LogP contribution in [0.2, 0.25) is 0 Å². The van der Waals surface area contributed by atoms with Crippen molar-refractivity contribution in [3.63, 3.8) is 0 Å². The van der Waals surface area contributed by atoms with Crippen molar-refractivity contribution < 1.29 is 4.74 Å². The van der Waals surface area contributed by atoms with Crippen molar-refractivity contribution >= 4 is 11.3 Å². The average molecular weight is 240 g/mol. The molecule has 1 saturated heterocycles. The molecule has 2 rings (SSSR count). The van der Waals surface area contributed by atoms with E-state index in [0.717, 1.165) is 26.0 Å². The first kappa shape index (κ1) is 12.0. The molecule has 0 bridgehead atoms. The van der Waals surface area contributed by atoms with Crippen molar-refractivity contribution in [2.45, 2.75) is 38.2 Å². The second-order valence-electron chi connectivity index (χ2n) is 4.27. The zero-order chi connectivity index (χ0) is 11.2. The molecule has 0 amide bonds. The van der Waals surface area contributed by atoms with E-state index in [1.165, 1.54) is 29.1 Å². The zero-order valence-electron chi connectivity index (χ0n) is 9.87. The molecule has 16 heavy (non-hydrogen) atoms. The molecule has 4 heteroatoms. The lowest BCUT2D eigenvalue weighted by molar-refractivity contribution is 0.0168. The Hall–Kier alpha value is -0.450. The lowest BCUT2D eigenvalue weighted by Gasteiger charge is -2.21. The number of ether oxygens (including phenoxy) is 1. The molecular weight excluding hydrogens is 220 g/mol. The third-order valence-corrected chi connectivity index (χ3v) is 3.98. The van der Waals surface area contributed by atoms with Crippen molar-refractivity contribution in [1.82, 2.24) is 10.3 Å². The van der Waals surface area contributed by atoms with Crippen molar-refractivity contribution in [3.05, 3.63) is 16.1 Å². The van der Waals surface area contributed by atoms with E-state index >= 15 is 0 Å². The van der Waals surface area contributed by atoms with Gasteiger partial charge >= 0.3 is 0 Å². The third kappa shape index (κ3) is 3.54. The topological polar surface area (TPSA) is 34.2 Å². The summed E-state index contributed by atoms with van der Waals surface area (Å²) in [4.78, 5) is 5.85. The predicted octanol–water partition coefficient (Wildman–Crippen LogP) is 2.02. The van der Waals surface area contributed by atoms with Gasteiger partial charge in [0.1, 0.15) is 0 Å². The Morgan fingerprint density at radius 1 is 1.56 bits per heavy atom. The van der Waals surface area contributed by atoms with Gasteiger partial charge in [0.15, 0.2) is 0 Å². The van der Waals surface area contributed by atoms with E-state index in [1.54, 1.807) is 0 Å². The summed E-state index contributed by atoms with van der Waals surface area (Å²) in [5.74, 6) is 0. The summed E-state index contributed by atoms with van der Waals surface area (Å²) < 4.78 is 5.73. The smallest absolute Gasteiger partial charge is 0.0953 e. The molecule has 1 aliphatic rings. The van der Waals surface area contributed by atoms with E-state index in [4.69, 9.17) is 4.74 Å². The van der Waals surface area contributed by atoms with Gasteiger partial charge in [0.25, 0.3) is 0 Å². The minimum atomic E-state index is 0.414. The van der Waals surface area contributed by atoms with Gasteiger partial charge in [-0.2, -0.15) is 0 Å². The van der Waals surface area contributed by atoms with Gasteiger partial charge in [0.2, 0.25) is 0 Å². The van der Waals surface area contributed by atoms with Crippen LogP contribution in [0.4, 0.5) is 0 Å². The van der Waals surface area contributed by atoms with E-state index in [2.05, 4.69) is 10.3 Å². The number of rotatable bonds is 5. The number of aromatic nitrogens is 1. The van der Waals surface area contributed by atoms with Gasteiger partial charge in [0.05, 0.1) is 11.1 Å². The van der Waals surface area contributed by atoms with E-state index in [-0.39, 0.29) is 0 Å². The molecule has 0 saturated carbocycles. The average Bonchev–Trinajstić information content (AvgIpc) is 2.75. The van der Waals surface area contributed by atoms with Gasteiger partial charge in [0, 0.05) is 24.1 Å². The number of likely N-dealkylation sites (N-methyl/N-ethyl adjacent to an activating group) is 1. The van der Waals surface area contributed by atoms with Gasteiger partial charge in [-0.1, -0.05) is 0 Å². The molecule has 0 spiro atoms. The summed E-state index contributed by atoms with van der Waals surface area (Å²) in [6, 6.07) is 0. The van der Waals surface area contributed by atoms with Crippen molar-refractivity contribution in [2.24, 2.45) is 0 Å². The fraction of sp³-hybridized carbons (Fsp3) is 0.750. The minimum Gasteiger partial charge on any atom is -0.378 e. The largest absolute Gasteiger partial charge is 0.378 e. The lowest BCUT2D eigenvalue weighted by atomic mass is 10.1. The molecule has 1 aromatic heterocycles. The lowest BCUT2D eigenvalue weighted by Crippen LogP contribution is -2.21. The summed E-state index contributed by atoms with van der Waals surface area (Å²) in [6.45, 7) is 1.96. The fourth-order valence-corrected chi connectivity index (χ4v) is 2.96. The summed E-state index contributed by atoms with van der Waals surface area (Å²) in [7, 11) is 1.98. The standard InChI is InChI=1S/C12H20N2OS/c1-13-6-5-11-9-14-12(16-11)8-10-4-2-3-7-15-10/h9-10,13H,2-8H2,1H3. The van der Waals surface area contributed by atoms with E-state index < -0.39 is 0 Å². The Bertz CT molecular complexity index is 308. The van der Waals surface area contributed by atoms with Crippen LogP contribution in [0.25, 0.3) is 0 Å². The molecule has 1 aromatic rings. The molecule has 1 atom stereocenters. The highest BCUT2D eigenvalue weighted by Crippen LogP contribution is 2.20.